The van der Waals surface area contributed by atoms with Crippen LogP contribution in [0, 0.1) is 13.8 Å². The van der Waals surface area contributed by atoms with E-state index in [1.54, 1.807) is 44.2 Å². The number of aliphatic hydroxyl groups is 1. The van der Waals surface area contributed by atoms with Gasteiger partial charge in [0.2, 0.25) is 11.9 Å². The van der Waals surface area contributed by atoms with E-state index in [-0.39, 0.29) is 57.5 Å². The number of anilines is 3. The van der Waals surface area contributed by atoms with Crippen molar-refractivity contribution in [3.8, 4) is 0 Å². The van der Waals surface area contributed by atoms with Crippen LogP contribution in [0.1, 0.15) is 28.9 Å². The molecule has 5 rings (SSSR count). The van der Waals surface area contributed by atoms with E-state index in [9.17, 15) is 38.8 Å². The summed E-state index contributed by atoms with van der Waals surface area (Å²) in [5.74, 6) is 0.879. The van der Waals surface area contributed by atoms with Gasteiger partial charge in [0, 0.05) is 37.8 Å². The van der Waals surface area contributed by atoms with Gasteiger partial charge in [-0.25, -0.2) is 16.8 Å². The second-order valence-corrected chi connectivity index (χ2v) is 18.0. The lowest BCUT2D eigenvalue weighted by molar-refractivity contribution is 0.292. The van der Waals surface area contributed by atoms with Gasteiger partial charge in [-0.15, -0.1) is 8.73 Å². The number of benzene rings is 4. The first kappa shape index (κ1) is 43.9. The van der Waals surface area contributed by atoms with Crippen LogP contribution in [0.25, 0.3) is 0 Å². The molecule has 59 heavy (non-hydrogen) atoms. The molecular weight excluding hydrogens is 847 g/mol. The highest BCUT2D eigenvalue weighted by Crippen LogP contribution is 2.32. The highest BCUT2D eigenvalue weighted by atomic mass is 32.2. The lowest BCUT2D eigenvalue weighted by Crippen LogP contribution is -2.12. The number of hydrogen-bond acceptors (Lipinski definition) is 20. The first-order valence-corrected chi connectivity index (χ1v) is 22.9. The van der Waals surface area contributed by atoms with Crippen molar-refractivity contribution in [2.24, 2.45) is 29.2 Å². The Bertz CT molecular complexity index is 2890. The molecule has 5 aromatic rings. The molecule has 24 heteroatoms. The topological polar surface area (TPSA) is 294 Å². The number of aromatic nitrogens is 3. The number of nitrogens with zero attached hydrogens (tertiary/aromatic N) is 9. The van der Waals surface area contributed by atoms with Crippen molar-refractivity contribution >= 4 is 92.4 Å². The minimum atomic E-state index is -3.73. The van der Waals surface area contributed by atoms with Gasteiger partial charge in [0.15, 0.2) is 19.7 Å². The third-order valence-electron chi connectivity index (χ3n) is 7.89. The fourth-order valence-electron chi connectivity index (χ4n) is 5.19. The van der Waals surface area contributed by atoms with Crippen molar-refractivity contribution in [3.05, 3.63) is 95.3 Å². The van der Waals surface area contributed by atoms with Crippen molar-refractivity contribution < 1.29 is 38.8 Å². The molecular formula is C35H35N11O9S4. The molecule has 0 saturated carbocycles. The molecule has 0 amide bonds. The highest BCUT2D eigenvalue weighted by molar-refractivity contribution is 7.91. The fraction of sp³-hybridized carbons (Fsp3) is 0.229. The largest absolute Gasteiger partial charge is 0.396 e. The summed E-state index contributed by atoms with van der Waals surface area (Å²) in [7, 11) is -13.1. The van der Waals surface area contributed by atoms with Gasteiger partial charge in [0.1, 0.15) is 5.82 Å². The number of hydrogen-bond donors (Lipinski definition) is 3. The zero-order valence-corrected chi connectivity index (χ0v) is 34.9. The molecule has 0 atom stereocenters. The zero-order chi connectivity index (χ0) is 42.9. The van der Waals surface area contributed by atoms with Crippen LogP contribution in [0.5, 0.6) is 0 Å². The Morgan fingerprint density at radius 2 is 1.15 bits per heavy atom. The van der Waals surface area contributed by atoms with Gasteiger partial charge in [0.05, 0.1) is 43.9 Å². The molecule has 0 spiro atoms. The highest BCUT2D eigenvalue weighted by Gasteiger charge is 2.16. The lowest BCUT2D eigenvalue weighted by Gasteiger charge is -2.12. The van der Waals surface area contributed by atoms with Crippen LogP contribution in [0.4, 0.5) is 51.7 Å². The molecule has 1 aromatic heterocycles. The summed E-state index contributed by atoms with van der Waals surface area (Å²) >= 11 is 0. The molecule has 20 nitrogen and oxygen atoms in total. The Morgan fingerprint density at radius 1 is 0.627 bits per heavy atom. The van der Waals surface area contributed by atoms with E-state index in [1.165, 1.54) is 30.3 Å². The van der Waals surface area contributed by atoms with E-state index in [0.29, 0.717) is 41.4 Å². The van der Waals surface area contributed by atoms with Crippen LogP contribution in [-0.2, 0) is 47.1 Å². The Balaban J connectivity index is 1.37. The van der Waals surface area contributed by atoms with Crippen molar-refractivity contribution in [3.63, 3.8) is 0 Å². The number of rotatable bonds is 16. The standard InChI is InChI=1S/C35H35N11O9S4/c1-21-12-23(6-8-31(21)43-41-25-15-27(45-56(48)49)17-28(16-25)46-57(50)51)14-33-38-34(36-10-5-11-47)40-35(39-33)37-24-7-9-32(22(2)13-24)44-42-26-18-29(58(3,52)53)20-30(19-26)59(4,54)55/h6-9,12-13,15-20,47H,5,10-11,14H2,1-4H3,(H2,36,37,38,39,40). The maximum absolute atomic E-state index is 12.2. The minimum Gasteiger partial charge on any atom is -0.396 e. The first-order chi connectivity index (χ1) is 27.8. The van der Waals surface area contributed by atoms with E-state index >= 15 is 0 Å². The molecule has 0 unspecified atom stereocenters. The summed E-state index contributed by atoms with van der Waals surface area (Å²) in [6.45, 7) is 3.94. The SMILES string of the molecule is Cc1cc(Cc2nc(NCCCO)nc(Nc3ccc(N=Nc4cc(S(C)(=O)=O)cc(S(C)(=O)=O)c4)c(C)c3)n2)ccc1N=Nc1cc(N=S(=O)=O)cc(N=S(=O)=O)c1. The summed E-state index contributed by atoms with van der Waals surface area (Å²) < 4.78 is 99.9. The summed E-state index contributed by atoms with van der Waals surface area (Å²) in [4.78, 5) is 13.2. The molecule has 0 aliphatic carbocycles. The van der Waals surface area contributed by atoms with E-state index in [4.69, 9.17) is 0 Å². The average Bonchev–Trinajstić information content (AvgIpc) is 3.13. The molecule has 1 heterocycles. The molecule has 3 N–H and O–H groups in total. The van der Waals surface area contributed by atoms with Crippen LogP contribution in [-0.4, -0.2) is 79.4 Å². The van der Waals surface area contributed by atoms with E-state index in [1.807, 2.05) is 6.07 Å². The summed E-state index contributed by atoms with van der Waals surface area (Å²) in [6, 6.07) is 17.8. The number of nitrogens with one attached hydrogen (secondary N) is 2. The first-order valence-electron chi connectivity index (χ1n) is 17.1. The van der Waals surface area contributed by atoms with E-state index in [0.717, 1.165) is 29.7 Å². The van der Waals surface area contributed by atoms with Gasteiger partial charge >= 0.3 is 21.0 Å². The molecule has 4 aromatic carbocycles. The van der Waals surface area contributed by atoms with Crippen LogP contribution in [0.15, 0.2) is 112 Å². The van der Waals surface area contributed by atoms with Crippen LogP contribution in [0.2, 0.25) is 0 Å². The second-order valence-electron chi connectivity index (χ2n) is 12.8. The normalized spacial score (nSPS) is 11.8. The molecule has 0 aliphatic rings. The summed E-state index contributed by atoms with van der Waals surface area (Å²) in [6.07, 6.45) is 2.67. The van der Waals surface area contributed by atoms with Crippen LogP contribution < -0.4 is 10.6 Å². The smallest absolute Gasteiger partial charge is 0.316 e. The van der Waals surface area contributed by atoms with Gasteiger partial charge < -0.3 is 15.7 Å². The van der Waals surface area contributed by atoms with Crippen molar-refractivity contribution in [1.82, 2.24) is 15.0 Å². The maximum atomic E-state index is 12.2. The van der Waals surface area contributed by atoms with Crippen LogP contribution in [0.3, 0.4) is 0 Å². The molecule has 308 valence electrons. The Morgan fingerprint density at radius 3 is 1.68 bits per heavy atom. The van der Waals surface area contributed by atoms with Crippen LogP contribution >= 0.6 is 0 Å². The van der Waals surface area contributed by atoms with Gasteiger partial charge in [-0.05, 0) is 97.6 Å². The lowest BCUT2D eigenvalue weighted by atomic mass is 10.1. The Hall–Kier alpha value is -6.21. The third-order valence-corrected chi connectivity index (χ3v) is 10.8. The zero-order valence-electron chi connectivity index (χ0n) is 31.6. The van der Waals surface area contributed by atoms with Gasteiger partial charge in [-0.2, -0.15) is 52.2 Å². The van der Waals surface area contributed by atoms with Crippen molar-refractivity contribution in [2.45, 2.75) is 36.5 Å². The fourth-order valence-corrected chi connectivity index (χ4v) is 7.17. The minimum absolute atomic E-state index is 0.0383. The number of azo groups is 2. The average molecular weight is 882 g/mol. The number of aliphatic hydroxyl groups excluding tert-OH is 1. The van der Waals surface area contributed by atoms with E-state index in [2.05, 4.69) is 54.8 Å². The predicted octanol–water partition coefficient (Wildman–Crippen LogP) is 6.64. The quantitative estimate of drug-likeness (QED) is 0.0691. The van der Waals surface area contributed by atoms with Gasteiger partial charge in [-0.1, -0.05) is 12.1 Å². The Kier molecular flexibility index (Phi) is 14.2. The molecule has 0 aliphatic heterocycles. The molecule has 0 radical (unpaired) electrons. The van der Waals surface area contributed by atoms with Crippen molar-refractivity contribution in [2.75, 3.05) is 36.3 Å². The van der Waals surface area contributed by atoms with Crippen molar-refractivity contribution in [1.29, 1.82) is 0 Å². The van der Waals surface area contributed by atoms with Gasteiger partial charge in [-0.3, -0.25) is 0 Å². The molecule has 0 fully saturated rings. The number of aryl methyl sites for hydroxylation is 2. The monoisotopic (exact) mass is 881 g/mol. The Labute approximate surface area is 341 Å². The summed E-state index contributed by atoms with van der Waals surface area (Å²) in [5.41, 5.74) is 3.69. The maximum Gasteiger partial charge on any atom is 0.316 e. The molecule has 0 bridgehead atoms. The second kappa shape index (κ2) is 19.0. The summed E-state index contributed by atoms with van der Waals surface area (Å²) in [5, 5.41) is 32.3. The molecule has 0 saturated heterocycles. The predicted molar refractivity (Wildman–Crippen MR) is 218 cm³/mol. The van der Waals surface area contributed by atoms with E-state index < -0.39 is 40.7 Å². The number of sulfone groups is 2. The van der Waals surface area contributed by atoms with Gasteiger partial charge in [0.25, 0.3) is 0 Å². The third kappa shape index (κ3) is 13.2.